The highest BCUT2D eigenvalue weighted by molar-refractivity contribution is 7.89. The zero-order valence-corrected chi connectivity index (χ0v) is 11.2. The van der Waals surface area contributed by atoms with Gasteiger partial charge in [-0.3, -0.25) is 14.6 Å². The van der Waals surface area contributed by atoms with Gasteiger partial charge in [0.25, 0.3) is 15.6 Å². The number of nitrogens with zero attached hydrogens (tertiary/aromatic N) is 1. The molecule has 10 heteroatoms. The average molecular weight is 291 g/mol. The van der Waals surface area contributed by atoms with Gasteiger partial charge in [-0.15, -0.1) is 0 Å². The monoisotopic (exact) mass is 291 g/mol. The van der Waals surface area contributed by atoms with Crippen molar-refractivity contribution in [2.24, 2.45) is 0 Å². The first-order valence-electron chi connectivity index (χ1n) is 5.05. The molecule has 9 nitrogen and oxygen atoms in total. The summed E-state index contributed by atoms with van der Waals surface area (Å²) < 4.78 is 24.8. The number of H-pyrrole nitrogens is 2. The van der Waals surface area contributed by atoms with E-state index in [0.717, 1.165) is 13.2 Å². The van der Waals surface area contributed by atoms with Gasteiger partial charge in [-0.05, 0) is 13.8 Å². The van der Waals surface area contributed by atoms with Crippen LogP contribution in [0.2, 0.25) is 0 Å². The Morgan fingerprint density at radius 3 is 2.32 bits per heavy atom. The number of aromatic nitrogens is 2. The Labute approximate surface area is 107 Å². The maximum absolute atomic E-state index is 12.1. The minimum absolute atomic E-state index is 0.547. The van der Waals surface area contributed by atoms with Crippen molar-refractivity contribution in [2.75, 3.05) is 7.05 Å². The molecule has 0 saturated carbocycles. The van der Waals surface area contributed by atoms with Crippen LogP contribution < -0.4 is 11.2 Å². The molecule has 0 fully saturated rings. The summed E-state index contributed by atoms with van der Waals surface area (Å²) in [6, 6.07) is 0. The zero-order chi connectivity index (χ0) is 15.0. The van der Waals surface area contributed by atoms with Crippen LogP contribution in [0.4, 0.5) is 0 Å². The summed E-state index contributed by atoms with van der Waals surface area (Å²) in [5.74, 6) is -1.38. The van der Waals surface area contributed by atoms with Crippen molar-refractivity contribution in [1.82, 2.24) is 14.3 Å². The fourth-order valence-corrected chi connectivity index (χ4v) is 2.64. The number of nitrogens with one attached hydrogen (secondary N) is 2. The predicted molar refractivity (Wildman–Crippen MR) is 64.3 cm³/mol. The van der Waals surface area contributed by atoms with Crippen molar-refractivity contribution in [1.29, 1.82) is 0 Å². The largest absolute Gasteiger partial charge is 0.480 e. The molecule has 106 valence electrons. The Morgan fingerprint density at radius 2 is 1.89 bits per heavy atom. The lowest BCUT2D eigenvalue weighted by Gasteiger charge is -2.29. The van der Waals surface area contributed by atoms with Crippen LogP contribution in [0.5, 0.6) is 0 Å². The molecule has 0 spiro atoms. The van der Waals surface area contributed by atoms with Crippen LogP contribution in [0.15, 0.2) is 20.7 Å². The summed E-state index contributed by atoms with van der Waals surface area (Å²) in [5, 5.41) is 8.99. The lowest BCUT2D eigenvalue weighted by molar-refractivity contribution is -0.145. The van der Waals surface area contributed by atoms with Gasteiger partial charge in [0, 0.05) is 13.2 Å². The SMILES string of the molecule is CN(C(C)(C)C(=O)O)S(=O)(=O)c1c[nH]c(=O)[nH]c1=O. The van der Waals surface area contributed by atoms with E-state index in [1.54, 1.807) is 4.98 Å². The van der Waals surface area contributed by atoms with Crippen LogP contribution in [0.1, 0.15) is 13.8 Å². The molecule has 0 aliphatic rings. The molecular formula is C9H13N3O6S. The molecule has 1 aromatic rings. The van der Waals surface area contributed by atoms with Gasteiger partial charge in [-0.1, -0.05) is 0 Å². The van der Waals surface area contributed by atoms with E-state index in [1.165, 1.54) is 13.8 Å². The molecule has 0 bridgehead atoms. The summed E-state index contributed by atoms with van der Waals surface area (Å²) in [5.41, 5.74) is -3.72. The molecule has 0 amide bonds. The van der Waals surface area contributed by atoms with Crippen LogP contribution in [-0.4, -0.2) is 46.4 Å². The van der Waals surface area contributed by atoms with Crippen LogP contribution in [0, 0.1) is 0 Å². The van der Waals surface area contributed by atoms with Gasteiger partial charge >= 0.3 is 11.7 Å². The molecule has 1 aromatic heterocycles. The van der Waals surface area contributed by atoms with Crippen LogP contribution in [0.3, 0.4) is 0 Å². The maximum Gasteiger partial charge on any atom is 0.325 e. The molecule has 0 aromatic carbocycles. The van der Waals surface area contributed by atoms with E-state index in [1.807, 2.05) is 4.98 Å². The molecule has 0 aliphatic heterocycles. The number of aliphatic carboxylic acids is 1. The summed E-state index contributed by atoms with van der Waals surface area (Å²) >= 11 is 0. The van der Waals surface area contributed by atoms with Gasteiger partial charge in [0.05, 0.1) is 0 Å². The average Bonchev–Trinajstić information content (AvgIpc) is 2.27. The highest BCUT2D eigenvalue weighted by Gasteiger charge is 2.41. The van der Waals surface area contributed by atoms with E-state index in [-0.39, 0.29) is 0 Å². The Hall–Kier alpha value is -1.94. The third kappa shape index (κ3) is 2.58. The summed E-state index contributed by atoms with van der Waals surface area (Å²) in [7, 11) is -3.31. The first-order chi connectivity index (χ1) is 8.51. The van der Waals surface area contributed by atoms with Crippen LogP contribution in [-0.2, 0) is 14.8 Å². The number of likely N-dealkylation sites (N-methyl/N-ethyl adjacent to an activating group) is 1. The summed E-state index contributed by atoms with van der Waals surface area (Å²) in [4.78, 5) is 36.4. The number of rotatable bonds is 4. The third-order valence-electron chi connectivity index (χ3n) is 2.73. The highest BCUT2D eigenvalue weighted by Crippen LogP contribution is 2.20. The van der Waals surface area contributed by atoms with Crippen molar-refractivity contribution >= 4 is 16.0 Å². The van der Waals surface area contributed by atoms with E-state index in [4.69, 9.17) is 5.11 Å². The second-order valence-corrected chi connectivity index (χ2v) is 6.21. The molecule has 0 unspecified atom stereocenters. The fraction of sp³-hybridized carbons (Fsp3) is 0.444. The molecule has 1 heterocycles. The number of carboxylic acids is 1. The Morgan fingerprint density at radius 1 is 1.37 bits per heavy atom. The zero-order valence-electron chi connectivity index (χ0n) is 10.4. The number of sulfonamides is 1. The Balaban J connectivity index is 3.45. The molecule has 3 N–H and O–H groups in total. The molecule has 0 saturated heterocycles. The van der Waals surface area contributed by atoms with Crippen LogP contribution >= 0.6 is 0 Å². The van der Waals surface area contributed by atoms with Gasteiger partial charge in [0.15, 0.2) is 4.90 Å². The number of carboxylic acid groups (broad SMARTS) is 1. The lowest BCUT2D eigenvalue weighted by Crippen LogP contribution is -2.51. The minimum atomic E-state index is -4.35. The number of hydrogen-bond donors (Lipinski definition) is 3. The second-order valence-electron chi connectivity index (χ2n) is 4.27. The number of carbonyl (C=O) groups is 1. The number of aromatic amines is 2. The van der Waals surface area contributed by atoms with Crippen molar-refractivity contribution < 1.29 is 18.3 Å². The first-order valence-corrected chi connectivity index (χ1v) is 6.49. The van der Waals surface area contributed by atoms with E-state index < -0.39 is 37.7 Å². The van der Waals surface area contributed by atoms with Crippen molar-refractivity contribution in [2.45, 2.75) is 24.3 Å². The molecule has 1 rings (SSSR count). The standard InChI is InChI=1S/C9H13N3O6S/c1-9(2,7(14)15)12(3)19(17,18)5-4-10-8(16)11-6(5)13/h4H,1-3H3,(H,14,15)(H2,10,11,13,16). The third-order valence-corrected chi connectivity index (χ3v) is 4.77. The number of hydrogen-bond acceptors (Lipinski definition) is 5. The van der Waals surface area contributed by atoms with E-state index >= 15 is 0 Å². The van der Waals surface area contributed by atoms with E-state index in [9.17, 15) is 22.8 Å². The second kappa shape index (κ2) is 4.63. The first kappa shape index (κ1) is 15.1. The van der Waals surface area contributed by atoms with Crippen molar-refractivity contribution in [3.05, 3.63) is 27.0 Å². The van der Waals surface area contributed by atoms with Gasteiger partial charge < -0.3 is 10.1 Å². The Kier molecular flexibility index (Phi) is 3.68. The molecule has 19 heavy (non-hydrogen) atoms. The summed E-state index contributed by atoms with van der Waals surface area (Å²) in [6.45, 7) is 2.35. The quantitative estimate of drug-likeness (QED) is 0.619. The summed E-state index contributed by atoms with van der Waals surface area (Å²) in [6.07, 6.45) is 0.727. The normalized spacial score (nSPS) is 12.6. The van der Waals surface area contributed by atoms with E-state index in [0.29, 0.717) is 4.31 Å². The molecule has 0 radical (unpaired) electrons. The van der Waals surface area contributed by atoms with Crippen LogP contribution in [0.25, 0.3) is 0 Å². The maximum atomic E-state index is 12.1. The Bertz CT molecular complexity index is 714. The molecule has 0 atom stereocenters. The van der Waals surface area contributed by atoms with Gasteiger partial charge in [-0.25, -0.2) is 13.2 Å². The van der Waals surface area contributed by atoms with Crippen molar-refractivity contribution in [3.8, 4) is 0 Å². The fourth-order valence-electron chi connectivity index (χ4n) is 1.17. The highest BCUT2D eigenvalue weighted by atomic mass is 32.2. The minimum Gasteiger partial charge on any atom is -0.480 e. The van der Waals surface area contributed by atoms with Crippen molar-refractivity contribution in [3.63, 3.8) is 0 Å². The van der Waals surface area contributed by atoms with E-state index in [2.05, 4.69) is 0 Å². The van der Waals surface area contributed by atoms with Gasteiger partial charge in [-0.2, -0.15) is 4.31 Å². The molecule has 0 aliphatic carbocycles. The van der Waals surface area contributed by atoms with Gasteiger partial charge in [0.1, 0.15) is 5.54 Å². The molecular weight excluding hydrogens is 278 g/mol. The predicted octanol–water partition coefficient (Wildman–Crippen LogP) is -1.45. The lowest BCUT2D eigenvalue weighted by atomic mass is 10.1. The topological polar surface area (TPSA) is 140 Å². The van der Waals surface area contributed by atoms with Gasteiger partial charge in [0.2, 0.25) is 0 Å². The smallest absolute Gasteiger partial charge is 0.325 e.